The van der Waals surface area contributed by atoms with Crippen LogP contribution in [0.3, 0.4) is 0 Å². The topological polar surface area (TPSA) is 152 Å². The van der Waals surface area contributed by atoms with Crippen molar-refractivity contribution in [1.82, 2.24) is 16.0 Å². The van der Waals surface area contributed by atoms with Crippen molar-refractivity contribution in [3.63, 3.8) is 0 Å². The van der Waals surface area contributed by atoms with Gasteiger partial charge in [0, 0.05) is 19.1 Å². The number of carbonyl (C=O) groups is 2. The first-order valence-electron chi connectivity index (χ1n) is 14.0. The minimum atomic E-state index is -0.931. The summed E-state index contributed by atoms with van der Waals surface area (Å²) in [6, 6.07) is -0.503. The lowest BCUT2D eigenvalue weighted by Crippen LogP contribution is -2.62. The van der Waals surface area contributed by atoms with Crippen LogP contribution >= 0.6 is 0 Å². The van der Waals surface area contributed by atoms with Gasteiger partial charge in [-0.3, -0.25) is 9.59 Å². The van der Waals surface area contributed by atoms with Crippen LogP contribution in [-0.4, -0.2) is 73.2 Å². The number of hydrogen-bond acceptors (Lipinski definition) is 7. The molecule has 2 saturated carbocycles. The van der Waals surface area contributed by atoms with Gasteiger partial charge in [0.05, 0.1) is 36.3 Å². The van der Waals surface area contributed by atoms with Crippen LogP contribution in [0.5, 0.6) is 0 Å². The van der Waals surface area contributed by atoms with Crippen LogP contribution in [0.15, 0.2) is 0 Å². The predicted octanol–water partition coefficient (Wildman–Crippen LogP) is 1.39. The SMILES string of the molecule is NC(N)[C@@H](C(=O)N[C@H]1CNCCC1OC1CCC(C(=O)O)CC1)C1CC2(CCCC2)CCC(F)CN1. The molecule has 8 N–H and O–H groups in total. The van der Waals surface area contributed by atoms with E-state index in [1.807, 2.05) is 0 Å². The molecule has 206 valence electrons. The number of nitrogens with two attached hydrogens (primary N) is 2. The standard InChI is InChI=1S/C26H46FN5O4/c27-17-7-11-26(9-1-2-10-26)13-19(31-14-17)22(23(28)29)24(33)32-20-15-30-12-8-21(20)36-18-5-3-16(4-6-18)25(34)35/h16-23,30-31H,1-15,28-29H2,(H,32,33)(H,34,35)/t16?,17?,18?,19?,20-,21?,22-/m0/s1. The van der Waals surface area contributed by atoms with Crippen molar-refractivity contribution in [3.8, 4) is 0 Å². The highest BCUT2D eigenvalue weighted by molar-refractivity contribution is 5.80. The number of amides is 1. The molecule has 2 aliphatic heterocycles. The number of piperidine rings is 1. The molecular weight excluding hydrogens is 465 g/mol. The van der Waals surface area contributed by atoms with Gasteiger partial charge in [0.25, 0.3) is 0 Å². The molecule has 5 atom stereocenters. The van der Waals surface area contributed by atoms with E-state index in [1.54, 1.807) is 0 Å². The summed E-state index contributed by atoms with van der Waals surface area (Å²) in [6.07, 6.45) is 8.14. The molecule has 4 fully saturated rings. The molecule has 0 aromatic rings. The molecular formula is C26H46FN5O4. The Morgan fingerprint density at radius 3 is 2.42 bits per heavy atom. The molecule has 9 nitrogen and oxygen atoms in total. The lowest BCUT2D eigenvalue weighted by Gasteiger charge is -2.41. The third kappa shape index (κ3) is 6.95. The molecule has 36 heavy (non-hydrogen) atoms. The second-order valence-corrected chi connectivity index (χ2v) is 11.8. The molecule has 3 unspecified atom stereocenters. The number of alkyl halides is 1. The van der Waals surface area contributed by atoms with E-state index in [0.717, 1.165) is 64.3 Å². The molecule has 0 bridgehead atoms. The summed E-state index contributed by atoms with van der Waals surface area (Å²) in [7, 11) is 0. The van der Waals surface area contributed by atoms with Crippen LogP contribution < -0.4 is 27.4 Å². The predicted molar refractivity (Wildman–Crippen MR) is 135 cm³/mol. The van der Waals surface area contributed by atoms with Gasteiger partial charge >= 0.3 is 5.97 Å². The number of carbonyl (C=O) groups excluding carboxylic acids is 1. The van der Waals surface area contributed by atoms with Gasteiger partial charge < -0.3 is 37.3 Å². The van der Waals surface area contributed by atoms with Crippen molar-refractivity contribution < 1.29 is 23.8 Å². The van der Waals surface area contributed by atoms with E-state index in [0.29, 0.717) is 25.8 Å². The maximum atomic E-state index is 14.5. The molecule has 4 rings (SSSR count). The first kappa shape index (κ1) is 27.7. The Morgan fingerprint density at radius 1 is 1.03 bits per heavy atom. The molecule has 2 heterocycles. The summed E-state index contributed by atoms with van der Waals surface area (Å²) >= 11 is 0. The average molecular weight is 512 g/mol. The van der Waals surface area contributed by atoms with Gasteiger partial charge in [0.2, 0.25) is 5.91 Å². The first-order chi connectivity index (χ1) is 17.3. The van der Waals surface area contributed by atoms with Crippen molar-refractivity contribution in [2.24, 2.45) is 28.7 Å². The first-order valence-corrected chi connectivity index (χ1v) is 14.0. The number of hydrogen-bond donors (Lipinski definition) is 6. The summed E-state index contributed by atoms with van der Waals surface area (Å²) in [6.45, 7) is 1.60. The van der Waals surface area contributed by atoms with E-state index in [9.17, 15) is 19.1 Å². The number of halogens is 1. The molecule has 2 saturated heterocycles. The molecule has 0 radical (unpaired) electrons. The van der Waals surface area contributed by atoms with E-state index in [2.05, 4.69) is 16.0 Å². The molecule has 10 heteroatoms. The molecule has 1 spiro atoms. The number of nitrogens with one attached hydrogen (secondary N) is 3. The van der Waals surface area contributed by atoms with Crippen molar-refractivity contribution in [2.75, 3.05) is 19.6 Å². The van der Waals surface area contributed by atoms with E-state index in [1.165, 1.54) is 0 Å². The molecule has 0 aromatic heterocycles. The van der Waals surface area contributed by atoms with E-state index in [-0.39, 0.29) is 48.1 Å². The normalized spacial score (nSPS) is 36.2. The summed E-state index contributed by atoms with van der Waals surface area (Å²) in [5.74, 6) is -1.89. The van der Waals surface area contributed by atoms with E-state index < -0.39 is 24.2 Å². The smallest absolute Gasteiger partial charge is 0.306 e. The van der Waals surface area contributed by atoms with Crippen molar-refractivity contribution in [2.45, 2.75) is 114 Å². The highest BCUT2D eigenvalue weighted by Crippen LogP contribution is 2.47. The zero-order valence-corrected chi connectivity index (χ0v) is 21.4. The van der Waals surface area contributed by atoms with Crippen LogP contribution in [-0.2, 0) is 14.3 Å². The Hall–Kier alpha value is -1.33. The average Bonchev–Trinajstić information content (AvgIpc) is 3.31. The Kier molecular flexibility index (Phi) is 9.60. The lowest BCUT2D eigenvalue weighted by molar-refractivity contribution is -0.145. The van der Waals surface area contributed by atoms with Crippen LogP contribution in [0.2, 0.25) is 0 Å². The van der Waals surface area contributed by atoms with Gasteiger partial charge in [0.15, 0.2) is 0 Å². The molecule has 1 amide bonds. The molecule has 0 aromatic carbocycles. The minimum absolute atomic E-state index is 0.00616. The number of aliphatic carboxylic acids is 1. The monoisotopic (exact) mass is 511 g/mol. The maximum Gasteiger partial charge on any atom is 0.306 e. The fourth-order valence-corrected chi connectivity index (χ4v) is 7.06. The Balaban J connectivity index is 1.40. The fourth-order valence-electron chi connectivity index (χ4n) is 7.06. The van der Waals surface area contributed by atoms with E-state index >= 15 is 0 Å². The molecule has 2 aliphatic carbocycles. The quantitative estimate of drug-likeness (QED) is 0.281. The number of rotatable bonds is 7. The Bertz CT molecular complexity index is 742. The van der Waals surface area contributed by atoms with Gasteiger partial charge in [-0.15, -0.1) is 0 Å². The number of carboxylic acids is 1. The maximum absolute atomic E-state index is 14.5. The summed E-state index contributed by atoms with van der Waals surface area (Å²) < 4.78 is 20.9. The third-order valence-corrected chi connectivity index (χ3v) is 9.19. The Labute approximate surface area is 214 Å². The van der Waals surface area contributed by atoms with Gasteiger partial charge in [0.1, 0.15) is 6.17 Å². The summed E-state index contributed by atoms with van der Waals surface area (Å²) in [5, 5.41) is 19.1. The van der Waals surface area contributed by atoms with Crippen molar-refractivity contribution >= 4 is 11.9 Å². The highest BCUT2D eigenvalue weighted by atomic mass is 19.1. The fraction of sp³-hybridized carbons (Fsp3) is 0.923. The minimum Gasteiger partial charge on any atom is -0.481 e. The van der Waals surface area contributed by atoms with Gasteiger partial charge in [-0.05, 0) is 76.2 Å². The second kappa shape index (κ2) is 12.5. The van der Waals surface area contributed by atoms with Crippen LogP contribution in [0.1, 0.15) is 77.0 Å². The number of carboxylic acid groups (broad SMARTS) is 1. The van der Waals surface area contributed by atoms with Gasteiger partial charge in [-0.1, -0.05) is 12.8 Å². The Morgan fingerprint density at radius 2 is 1.75 bits per heavy atom. The van der Waals surface area contributed by atoms with Gasteiger partial charge in [-0.25, -0.2) is 4.39 Å². The van der Waals surface area contributed by atoms with Crippen molar-refractivity contribution in [1.29, 1.82) is 0 Å². The zero-order chi connectivity index (χ0) is 25.7. The largest absolute Gasteiger partial charge is 0.481 e. The van der Waals surface area contributed by atoms with Crippen LogP contribution in [0, 0.1) is 17.3 Å². The summed E-state index contributed by atoms with van der Waals surface area (Å²) in [5.41, 5.74) is 12.4. The van der Waals surface area contributed by atoms with Gasteiger partial charge in [-0.2, -0.15) is 0 Å². The zero-order valence-electron chi connectivity index (χ0n) is 21.4. The third-order valence-electron chi connectivity index (χ3n) is 9.19. The number of ether oxygens (including phenoxy) is 1. The summed E-state index contributed by atoms with van der Waals surface area (Å²) in [4.78, 5) is 24.9. The van der Waals surface area contributed by atoms with Crippen molar-refractivity contribution in [3.05, 3.63) is 0 Å². The second-order valence-electron chi connectivity index (χ2n) is 11.8. The van der Waals surface area contributed by atoms with E-state index in [4.69, 9.17) is 16.2 Å². The van der Waals surface area contributed by atoms with Crippen LogP contribution in [0.4, 0.5) is 4.39 Å². The lowest BCUT2D eigenvalue weighted by atomic mass is 9.72. The van der Waals surface area contributed by atoms with Crippen LogP contribution in [0.25, 0.3) is 0 Å². The molecule has 4 aliphatic rings. The highest BCUT2D eigenvalue weighted by Gasteiger charge is 2.43.